The van der Waals surface area contributed by atoms with Crippen LogP contribution in [0.15, 0.2) is 42.0 Å². The molecule has 7 nitrogen and oxygen atoms in total. The minimum Gasteiger partial charge on any atom is -0.481 e. The van der Waals surface area contributed by atoms with Crippen LogP contribution in [0.3, 0.4) is 0 Å². The summed E-state index contributed by atoms with van der Waals surface area (Å²) in [5.41, 5.74) is 1.09. The molecule has 1 fully saturated rings. The predicted octanol–water partition coefficient (Wildman–Crippen LogP) is 2.34. The van der Waals surface area contributed by atoms with E-state index in [4.69, 9.17) is 9.73 Å². The summed E-state index contributed by atoms with van der Waals surface area (Å²) < 4.78 is 7.41. The Labute approximate surface area is 155 Å². The molecule has 0 aliphatic carbocycles. The number of nitrogens with one attached hydrogen (secondary N) is 1. The first-order valence-electron chi connectivity index (χ1n) is 9.21. The van der Waals surface area contributed by atoms with Crippen molar-refractivity contribution >= 4 is 5.96 Å². The minimum absolute atomic E-state index is 0.413. The van der Waals surface area contributed by atoms with Gasteiger partial charge in [0, 0.05) is 44.3 Å². The zero-order chi connectivity index (χ0) is 18.4. The van der Waals surface area contributed by atoms with Crippen molar-refractivity contribution in [1.29, 1.82) is 0 Å². The van der Waals surface area contributed by atoms with E-state index in [9.17, 15) is 0 Å². The van der Waals surface area contributed by atoms with Gasteiger partial charge in [0.1, 0.15) is 0 Å². The highest BCUT2D eigenvalue weighted by Crippen LogP contribution is 2.27. The summed E-state index contributed by atoms with van der Waals surface area (Å²) in [6, 6.07) is 4.32. The van der Waals surface area contributed by atoms with Gasteiger partial charge in [0.2, 0.25) is 5.88 Å². The highest BCUT2D eigenvalue weighted by atomic mass is 16.5. The third-order valence-corrected chi connectivity index (χ3v) is 4.88. The van der Waals surface area contributed by atoms with Crippen LogP contribution in [0.25, 0.3) is 0 Å². The van der Waals surface area contributed by atoms with Crippen LogP contribution in [-0.4, -0.2) is 52.1 Å². The van der Waals surface area contributed by atoms with Crippen molar-refractivity contribution < 1.29 is 4.74 Å². The molecule has 1 N–H and O–H groups in total. The smallest absolute Gasteiger partial charge is 0.213 e. The predicted molar refractivity (Wildman–Crippen MR) is 102 cm³/mol. The molecule has 2 unspecified atom stereocenters. The van der Waals surface area contributed by atoms with Crippen LogP contribution in [0.2, 0.25) is 0 Å². The van der Waals surface area contributed by atoms with E-state index in [1.54, 1.807) is 13.3 Å². The van der Waals surface area contributed by atoms with Gasteiger partial charge in [-0.2, -0.15) is 0 Å². The molecule has 140 valence electrons. The molecule has 7 heteroatoms. The largest absolute Gasteiger partial charge is 0.481 e. The van der Waals surface area contributed by atoms with Gasteiger partial charge < -0.3 is 19.5 Å². The first-order valence-corrected chi connectivity index (χ1v) is 9.21. The van der Waals surface area contributed by atoms with Crippen LogP contribution in [0.1, 0.15) is 31.9 Å². The van der Waals surface area contributed by atoms with Crippen molar-refractivity contribution in [2.75, 3.05) is 26.7 Å². The lowest BCUT2D eigenvalue weighted by Crippen LogP contribution is -2.49. The molecule has 0 bridgehead atoms. The average Bonchev–Trinajstić information content (AvgIpc) is 3.20. The van der Waals surface area contributed by atoms with Gasteiger partial charge >= 0.3 is 0 Å². The molecule has 0 saturated carbocycles. The Morgan fingerprint density at radius 3 is 3.04 bits per heavy atom. The van der Waals surface area contributed by atoms with E-state index in [2.05, 4.69) is 44.8 Å². The fraction of sp³-hybridized carbons (Fsp3) is 0.526. The maximum Gasteiger partial charge on any atom is 0.213 e. The molecular formula is C19H28N6O. The Balaban J connectivity index is 1.73. The number of pyridine rings is 1. The molecule has 0 radical (unpaired) electrons. The summed E-state index contributed by atoms with van der Waals surface area (Å²) in [7, 11) is 1.63. The second kappa shape index (κ2) is 8.69. The third kappa shape index (κ3) is 4.33. The zero-order valence-corrected chi connectivity index (χ0v) is 15.8. The third-order valence-electron chi connectivity index (χ3n) is 4.88. The number of ether oxygens (including phenoxy) is 1. The van der Waals surface area contributed by atoms with Crippen LogP contribution in [-0.2, 0) is 6.54 Å². The molecule has 3 rings (SSSR count). The second-order valence-electron chi connectivity index (χ2n) is 6.67. The van der Waals surface area contributed by atoms with Gasteiger partial charge in [0.05, 0.1) is 26.0 Å². The molecule has 1 saturated heterocycles. The van der Waals surface area contributed by atoms with Crippen molar-refractivity contribution in [2.24, 2.45) is 10.9 Å². The quantitative estimate of drug-likeness (QED) is 0.658. The standard InChI is InChI=1S/C19H28N6O/c1-4-21-19(23-12-16-5-7-22-18(11-16)26-3)24-9-6-15(2)17(13-24)25-10-8-20-14-25/h5,7-8,10-11,14-15,17H,4,6,9,12-13H2,1-3H3,(H,21,23). The van der Waals surface area contributed by atoms with Gasteiger partial charge in [-0.05, 0) is 30.9 Å². The highest BCUT2D eigenvalue weighted by molar-refractivity contribution is 5.80. The van der Waals surface area contributed by atoms with E-state index in [-0.39, 0.29) is 0 Å². The van der Waals surface area contributed by atoms with Gasteiger partial charge in [-0.1, -0.05) is 6.92 Å². The molecule has 2 atom stereocenters. The van der Waals surface area contributed by atoms with Crippen molar-refractivity contribution in [3.63, 3.8) is 0 Å². The Hall–Kier alpha value is -2.57. The topological polar surface area (TPSA) is 67.6 Å². The van der Waals surface area contributed by atoms with E-state index < -0.39 is 0 Å². The van der Waals surface area contributed by atoms with Crippen LogP contribution < -0.4 is 10.1 Å². The van der Waals surface area contributed by atoms with Crippen LogP contribution in [0, 0.1) is 5.92 Å². The SMILES string of the molecule is CCNC(=NCc1ccnc(OC)c1)N1CCC(C)C(n2ccnc2)C1. The number of hydrogen-bond acceptors (Lipinski definition) is 4. The Bertz CT molecular complexity index is 715. The number of imidazole rings is 1. The summed E-state index contributed by atoms with van der Waals surface area (Å²) in [5.74, 6) is 2.20. The summed E-state index contributed by atoms with van der Waals surface area (Å²) >= 11 is 0. The molecule has 0 amide bonds. The van der Waals surface area contributed by atoms with Crippen LogP contribution in [0.4, 0.5) is 0 Å². The first-order chi connectivity index (χ1) is 12.7. The van der Waals surface area contributed by atoms with Crippen molar-refractivity contribution in [3.8, 4) is 5.88 Å². The second-order valence-corrected chi connectivity index (χ2v) is 6.67. The molecular weight excluding hydrogens is 328 g/mol. The minimum atomic E-state index is 0.413. The molecule has 3 heterocycles. The number of likely N-dealkylation sites (tertiary alicyclic amines) is 1. The molecule has 1 aliphatic heterocycles. The van der Waals surface area contributed by atoms with Crippen molar-refractivity contribution in [2.45, 2.75) is 32.9 Å². The number of nitrogens with zero attached hydrogens (tertiary/aromatic N) is 5. The molecule has 1 aliphatic rings. The monoisotopic (exact) mass is 356 g/mol. The number of aromatic nitrogens is 3. The lowest BCUT2D eigenvalue weighted by molar-refractivity contribution is 0.189. The molecule has 0 aromatic carbocycles. The van der Waals surface area contributed by atoms with E-state index in [0.29, 0.717) is 24.4 Å². The Morgan fingerprint density at radius 2 is 2.31 bits per heavy atom. The molecule has 26 heavy (non-hydrogen) atoms. The van der Waals surface area contributed by atoms with E-state index in [0.717, 1.165) is 37.6 Å². The van der Waals surface area contributed by atoms with Gasteiger partial charge in [-0.3, -0.25) is 0 Å². The van der Waals surface area contributed by atoms with E-state index in [1.165, 1.54) is 0 Å². The maximum absolute atomic E-state index is 5.20. The maximum atomic E-state index is 5.20. The normalized spacial score (nSPS) is 20.9. The van der Waals surface area contributed by atoms with E-state index >= 15 is 0 Å². The fourth-order valence-corrected chi connectivity index (χ4v) is 3.35. The molecule has 2 aromatic heterocycles. The number of methoxy groups -OCH3 is 1. The van der Waals surface area contributed by atoms with Crippen molar-refractivity contribution in [3.05, 3.63) is 42.6 Å². The van der Waals surface area contributed by atoms with Gasteiger partial charge in [0.15, 0.2) is 5.96 Å². The first kappa shape index (κ1) is 18.2. The van der Waals surface area contributed by atoms with E-state index in [1.807, 2.05) is 24.7 Å². The van der Waals surface area contributed by atoms with Gasteiger partial charge in [-0.25, -0.2) is 15.0 Å². The lowest BCUT2D eigenvalue weighted by atomic mass is 9.93. The Kier molecular flexibility index (Phi) is 6.09. The molecule has 2 aromatic rings. The number of hydrogen-bond donors (Lipinski definition) is 1. The van der Waals surface area contributed by atoms with Crippen LogP contribution in [0.5, 0.6) is 5.88 Å². The Morgan fingerprint density at radius 1 is 1.42 bits per heavy atom. The fourth-order valence-electron chi connectivity index (χ4n) is 3.35. The number of rotatable bonds is 5. The lowest BCUT2D eigenvalue weighted by Gasteiger charge is -2.39. The summed E-state index contributed by atoms with van der Waals surface area (Å²) in [5, 5.41) is 3.44. The number of aliphatic imine (C=N–C) groups is 1. The van der Waals surface area contributed by atoms with Crippen LogP contribution >= 0.6 is 0 Å². The van der Waals surface area contributed by atoms with Gasteiger partial charge in [0.25, 0.3) is 0 Å². The van der Waals surface area contributed by atoms with Crippen molar-refractivity contribution in [1.82, 2.24) is 24.8 Å². The summed E-state index contributed by atoms with van der Waals surface area (Å²) in [6.45, 7) is 7.81. The number of piperidine rings is 1. The highest BCUT2D eigenvalue weighted by Gasteiger charge is 2.28. The molecule has 0 spiro atoms. The zero-order valence-electron chi connectivity index (χ0n) is 15.8. The number of guanidine groups is 1. The van der Waals surface area contributed by atoms with Gasteiger partial charge in [-0.15, -0.1) is 0 Å². The summed E-state index contributed by atoms with van der Waals surface area (Å²) in [6.07, 6.45) is 8.71. The average molecular weight is 356 g/mol. The summed E-state index contributed by atoms with van der Waals surface area (Å²) in [4.78, 5) is 15.6.